The SMILES string of the molecule is COc1ccc(-c2cc3c(=O)[nH]nc(SCc4nc(-c5ccc(C)cc5)no4)n3n2)cc1OC. The molecule has 5 rings (SSSR count). The summed E-state index contributed by atoms with van der Waals surface area (Å²) in [5, 5.41) is 15.8. The third kappa shape index (κ3) is 4.13. The van der Waals surface area contributed by atoms with Gasteiger partial charge in [0.15, 0.2) is 11.5 Å². The van der Waals surface area contributed by atoms with Gasteiger partial charge in [-0.15, -0.1) is 5.10 Å². The topological polar surface area (TPSA) is 120 Å². The van der Waals surface area contributed by atoms with E-state index in [0.29, 0.717) is 45.3 Å². The fourth-order valence-corrected chi connectivity index (χ4v) is 4.12. The first kappa shape index (κ1) is 21.7. The molecule has 172 valence electrons. The molecule has 2 aromatic carbocycles. The van der Waals surface area contributed by atoms with Crippen molar-refractivity contribution < 1.29 is 14.0 Å². The summed E-state index contributed by atoms with van der Waals surface area (Å²) in [4.78, 5) is 16.8. The predicted octanol–water partition coefficient (Wildman–Crippen LogP) is 3.75. The Balaban J connectivity index is 1.42. The minimum atomic E-state index is -0.344. The summed E-state index contributed by atoms with van der Waals surface area (Å²) in [6.45, 7) is 2.02. The summed E-state index contributed by atoms with van der Waals surface area (Å²) in [7, 11) is 3.14. The molecule has 0 aliphatic heterocycles. The van der Waals surface area contributed by atoms with Crippen LogP contribution in [-0.4, -0.2) is 44.2 Å². The highest BCUT2D eigenvalue weighted by atomic mass is 32.2. The molecule has 1 N–H and O–H groups in total. The number of aromatic amines is 1. The molecule has 0 saturated carbocycles. The fraction of sp³-hybridized carbons (Fsp3) is 0.174. The quantitative estimate of drug-likeness (QED) is 0.350. The number of hydrogen-bond donors (Lipinski definition) is 1. The van der Waals surface area contributed by atoms with Gasteiger partial charge in [-0.2, -0.15) is 10.1 Å². The molecular formula is C23H20N6O4S. The predicted molar refractivity (Wildman–Crippen MR) is 126 cm³/mol. The molecule has 0 amide bonds. The molecule has 0 bridgehead atoms. The van der Waals surface area contributed by atoms with Crippen LogP contribution in [0.4, 0.5) is 0 Å². The van der Waals surface area contributed by atoms with Gasteiger partial charge in [0.25, 0.3) is 5.56 Å². The normalized spacial score (nSPS) is 11.1. The number of rotatable bonds is 7. The summed E-state index contributed by atoms with van der Waals surface area (Å²) < 4.78 is 17.6. The van der Waals surface area contributed by atoms with Gasteiger partial charge in [-0.05, 0) is 31.2 Å². The number of nitrogens with zero attached hydrogens (tertiary/aromatic N) is 5. The second-order valence-corrected chi connectivity index (χ2v) is 8.34. The lowest BCUT2D eigenvalue weighted by molar-refractivity contribution is 0.355. The Hall–Kier alpha value is -4.12. The summed E-state index contributed by atoms with van der Waals surface area (Å²) in [6, 6.07) is 15.0. The highest BCUT2D eigenvalue weighted by Gasteiger charge is 2.16. The second-order valence-electron chi connectivity index (χ2n) is 7.40. The Bertz CT molecular complexity index is 1520. The maximum absolute atomic E-state index is 12.4. The van der Waals surface area contributed by atoms with Crippen LogP contribution in [-0.2, 0) is 5.75 Å². The van der Waals surface area contributed by atoms with Crippen LogP contribution in [0.1, 0.15) is 11.5 Å². The molecule has 0 aliphatic rings. The van der Waals surface area contributed by atoms with Gasteiger partial charge in [0, 0.05) is 11.1 Å². The molecule has 34 heavy (non-hydrogen) atoms. The van der Waals surface area contributed by atoms with Gasteiger partial charge in [-0.25, -0.2) is 9.61 Å². The average molecular weight is 477 g/mol. The number of methoxy groups -OCH3 is 2. The van der Waals surface area contributed by atoms with Crippen molar-refractivity contribution in [2.24, 2.45) is 0 Å². The molecule has 3 heterocycles. The van der Waals surface area contributed by atoms with Crippen molar-refractivity contribution in [1.82, 2.24) is 30.0 Å². The number of thioether (sulfide) groups is 1. The van der Waals surface area contributed by atoms with Gasteiger partial charge in [0.1, 0.15) is 5.52 Å². The second kappa shape index (κ2) is 9.02. The van der Waals surface area contributed by atoms with Crippen LogP contribution in [0.3, 0.4) is 0 Å². The van der Waals surface area contributed by atoms with Crippen molar-refractivity contribution in [1.29, 1.82) is 0 Å². The van der Waals surface area contributed by atoms with Crippen molar-refractivity contribution in [3.8, 4) is 34.1 Å². The van der Waals surface area contributed by atoms with Gasteiger partial charge in [0.05, 0.1) is 25.7 Å². The summed E-state index contributed by atoms with van der Waals surface area (Å²) >= 11 is 1.32. The van der Waals surface area contributed by atoms with Crippen LogP contribution in [0.5, 0.6) is 11.5 Å². The Morgan fingerprint density at radius 1 is 1.03 bits per heavy atom. The summed E-state index contributed by atoms with van der Waals surface area (Å²) in [6.07, 6.45) is 0. The highest BCUT2D eigenvalue weighted by Crippen LogP contribution is 2.32. The summed E-state index contributed by atoms with van der Waals surface area (Å²) in [5.74, 6) is 2.49. The lowest BCUT2D eigenvalue weighted by Gasteiger charge is -2.08. The van der Waals surface area contributed by atoms with Crippen molar-refractivity contribution >= 4 is 17.3 Å². The highest BCUT2D eigenvalue weighted by molar-refractivity contribution is 7.98. The van der Waals surface area contributed by atoms with Gasteiger partial charge in [-0.1, -0.05) is 46.7 Å². The van der Waals surface area contributed by atoms with Crippen LogP contribution >= 0.6 is 11.8 Å². The maximum Gasteiger partial charge on any atom is 0.290 e. The van der Waals surface area contributed by atoms with Crippen LogP contribution in [0.2, 0.25) is 0 Å². The van der Waals surface area contributed by atoms with E-state index in [4.69, 9.17) is 14.0 Å². The van der Waals surface area contributed by atoms with E-state index in [1.807, 2.05) is 37.3 Å². The van der Waals surface area contributed by atoms with Gasteiger partial charge in [0.2, 0.25) is 16.9 Å². The molecular weight excluding hydrogens is 456 g/mol. The van der Waals surface area contributed by atoms with E-state index >= 15 is 0 Å². The standard InChI is InChI=1S/C23H20N6O4S/c1-13-4-6-14(7-5-13)21-24-20(33-28-21)12-34-23-26-25-22(30)17-11-16(27-29(17)23)15-8-9-18(31-2)19(10-15)32-3/h4-11H,12H2,1-3H3,(H,25,30). The molecule has 0 saturated heterocycles. The molecule has 5 aromatic rings. The molecule has 10 nitrogen and oxygen atoms in total. The van der Waals surface area contributed by atoms with E-state index in [-0.39, 0.29) is 5.56 Å². The molecule has 0 atom stereocenters. The molecule has 0 radical (unpaired) electrons. The first-order valence-corrected chi connectivity index (χ1v) is 11.3. The zero-order valence-corrected chi connectivity index (χ0v) is 19.4. The molecule has 11 heteroatoms. The Kier molecular flexibility index (Phi) is 5.76. The number of benzene rings is 2. The molecule has 0 unspecified atom stereocenters. The molecule has 3 aromatic heterocycles. The zero-order valence-electron chi connectivity index (χ0n) is 18.6. The Labute approximate surface area is 197 Å². The van der Waals surface area contributed by atoms with Crippen molar-refractivity contribution in [2.45, 2.75) is 17.8 Å². The third-order valence-electron chi connectivity index (χ3n) is 5.16. The number of hydrogen-bond acceptors (Lipinski definition) is 9. The Morgan fingerprint density at radius 3 is 2.56 bits per heavy atom. The Morgan fingerprint density at radius 2 is 1.79 bits per heavy atom. The monoisotopic (exact) mass is 476 g/mol. The minimum Gasteiger partial charge on any atom is -0.493 e. The van der Waals surface area contributed by atoms with Crippen molar-refractivity contribution in [3.63, 3.8) is 0 Å². The van der Waals surface area contributed by atoms with Crippen molar-refractivity contribution in [2.75, 3.05) is 14.2 Å². The van der Waals surface area contributed by atoms with E-state index in [2.05, 4.69) is 25.4 Å². The fourth-order valence-electron chi connectivity index (χ4n) is 3.38. The van der Waals surface area contributed by atoms with Crippen molar-refractivity contribution in [3.05, 3.63) is 70.3 Å². The van der Waals surface area contributed by atoms with Gasteiger partial charge < -0.3 is 14.0 Å². The largest absolute Gasteiger partial charge is 0.493 e. The van der Waals surface area contributed by atoms with Crippen LogP contribution < -0.4 is 15.0 Å². The molecule has 0 fully saturated rings. The number of aryl methyl sites for hydroxylation is 1. The number of H-pyrrole nitrogens is 1. The first-order valence-electron chi connectivity index (χ1n) is 10.3. The van der Waals surface area contributed by atoms with E-state index in [1.165, 1.54) is 16.3 Å². The average Bonchev–Trinajstić information content (AvgIpc) is 3.52. The lowest BCUT2D eigenvalue weighted by Crippen LogP contribution is -2.13. The summed E-state index contributed by atoms with van der Waals surface area (Å²) in [5.41, 5.74) is 3.43. The zero-order chi connectivity index (χ0) is 23.7. The lowest BCUT2D eigenvalue weighted by atomic mass is 10.1. The third-order valence-corrected chi connectivity index (χ3v) is 6.07. The van der Waals surface area contributed by atoms with E-state index in [9.17, 15) is 4.79 Å². The van der Waals surface area contributed by atoms with E-state index in [0.717, 1.165) is 16.7 Å². The number of fused-ring (bicyclic) bond motifs is 1. The molecule has 0 aliphatic carbocycles. The number of ether oxygens (including phenoxy) is 2. The van der Waals surface area contributed by atoms with Crippen LogP contribution in [0, 0.1) is 6.92 Å². The van der Waals surface area contributed by atoms with Gasteiger partial charge in [-0.3, -0.25) is 4.79 Å². The first-order chi connectivity index (χ1) is 16.6. The minimum absolute atomic E-state index is 0.344. The number of nitrogens with one attached hydrogen (secondary N) is 1. The van der Waals surface area contributed by atoms with Gasteiger partial charge >= 0.3 is 0 Å². The van der Waals surface area contributed by atoms with Crippen LogP contribution in [0.15, 0.2) is 63.0 Å². The molecule has 0 spiro atoms. The maximum atomic E-state index is 12.4. The smallest absolute Gasteiger partial charge is 0.290 e. The number of aromatic nitrogens is 6. The van der Waals surface area contributed by atoms with Crippen LogP contribution in [0.25, 0.3) is 28.2 Å². The van der Waals surface area contributed by atoms with E-state index < -0.39 is 0 Å². The van der Waals surface area contributed by atoms with E-state index in [1.54, 1.807) is 32.4 Å².